The minimum absolute atomic E-state index is 0.0937. The number of nitrogens with zero attached hydrogens (tertiary/aromatic N) is 4. The van der Waals surface area contributed by atoms with Crippen molar-refractivity contribution >= 4 is 22.2 Å². The minimum atomic E-state index is -0.979. The van der Waals surface area contributed by atoms with Crippen molar-refractivity contribution in [2.75, 3.05) is 6.61 Å². The predicted octanol–water partition coefficient (Wildman–Crippen LogP) is -0.176. The molecule has 8 nitrogen and oxygen atoms in total. The molecule has 9 heteroatoms. The van der Waals surface area contributed by atoms with Crippen LogP contribution in [0.3, 0.4) is 0 Å². The molecule has 0 aromatic carbocycles. The second kappa shape index (κ2) is 6.00. The Morgan fingerprint density at radius 3 is 2.58 bits per heavy atom. The van der Waals surface area contributed by atoms with Gasteiger partial charge in [-0.3, -0.25) is 13.9 Å². The smallest absolute Gasteiger partial charge is 0.330 e. The zero-order valence-corrected chi connectivity index (χ0v) is 14.4. The topological polar surface area (TPSA) is 102 Å². The first-order valence-corrected chi connectivity index (χ1v) is 8.23. The first-order chi connectivity index (χ1) is 11.3. The molecular formula is C15H18N4O4S. The molecule has 0 radical (unpaired) electrons. The average molecular weight is 350 g/mol. The maximum Gasteiger partial charge on any atom is 0.330 e. The highest BCUT2D eigenvalue weighted by Gasteiger charge is 2.22. The number of fused-ring (bicyclic) bond motifs is 1. The minimum Gasteiger partial charge on any atom is -0.394 e. The third-order valence-corrected chi connectivity index (χ3v) is 4.92. The number of aryl methyl sites for hydroxylation is 2. The van der Waals surface area contributed by atoms with Gasteiger partial charge in [-0.2, -0.15) is 0 Å². The number of hydrogen-bond acceptors (Lipinski definition) is 6. The van der Waals surface area contributed by atoms with E-state index in [1.807, 2.05) is 12.3 Å². The van der Waals surface area contributed by atoms with E-state index >= 15 is 0 Å². The summed E-state index contributed by atoms with van der Waals surface area (Å²) in [5.41, 5.74) is 1.01. The summed E-state index contributed by atoms with van der Waals surface area (Å²) in [5, 5.41) is 21.8. The van der Waals surface area contributed by atoms with Crippen molar-refractivity contribution in [3.8, 4) is 10.7 Å². The maximum atomic E-state index is 12.7. The van der Waals surface area contributed by atoms with Gasteiger partial charge in [0.05, 0.1) is 35.9 Å². The molecule has 0 aliphatic rings. The Bertz CT molecular complexity index is 1030. The number of thiazole rings is 1. The fourth-order valence-electron chi connectivity index (χ4n) is 2.71. The highest BCUT2D eigenvalue weighted by molar-refractivity contribution is 7.13. The van der Waals surface area contributed by atoms with E-state index in [2.05, 4.69) is 4.98 Å². The molecule has 3 rings (SSSR count). The quantitative estimate of drug-likeness (QED) is 0.680. The van der Waals surface area contributed by atoms with Crippen LogP contribution < -0.4 is 11.2 Å². The predicted molar refractivity (Wildman–Crippen MR) is 91.4 cm³/mol. The van der Waals surface area contributed by atoms with E-state index < -0.39 is 24.0 Å². The number of aliphatic hydroxyl groups is 2. The van der Waals surface area contributed by atoms with Gasteiger partial charge in [0.2, 0.25) is 0 Å². The normalized spacial score (nSPS) is 12.9. The van der Waals surface area contributed by atoms with Gasteiger partial charge >= 0.3 is 5.69 Å². The number of aromatic nitrogens is 4. The number of rotatable bonds is 4. The molecule has 0 bridgehead atoms. The van der Waals surface area contributed by atoms with Gasteiger partial charge in [0, 0.05) is 31.4 Å². The Hall–Kier alpha value is -2.23. The second-order valence-electron chi connectivity index (χ2n) is 5.73. The highest BCUT2D eigenvalue weighted by Crippen LogP contribution is 2.30. The summed E-state index contributed by atoms with van der Waals surface area (Å²) in [6.07, 6.45) is 0.663. The Morgan fingerprint density at radius 1 is 1.29 bits per heavy atom. The summed E-state index contributed by atoms with van der Waals surface area (Å²) in [6, 6.07) is 0. The lowest BCUT2D eigenvalue weighted by Crippen LogP contribution is -2.36. The molecule has 0 saturated heterocycles. The van der Waals surface area contributed by atoms with Crippen molar-refractivity contribution in [3.05, 3.63) is 38.1 Å². The second-order valence-corrected chi connectivity index (χ2v) is 6.58. The van der Waals surface area contributed by atoms with E-state index in [4.69, 9.17) is 5.11 Å². The van der Waals surface area contributed by atoms with Crippen LogP contribution in [-0.2, 0) is 20.6 Å². The Balaban J connectivity index is 2.42. The van der Waals surface area contributed by atoms with E-state index in [1.165, 1.54) is 23.0 Å². The van der Waals surface area contributed by atoms with Crippen LogP contribution in [0.1, 0.15) is 5.69 Å². The molecule has 2 N–H and O–H groups in total. The largest absolute Gasteiger partial charge is 0.394 e. The van der Waals surface area contributed by atoms with Gasteiger partial charge in [0.25, 0.3) is 5.56 Å². The van der Waals surface area contributed by atoms with E-state index in [-0.39, 0.29) is 6.54 Å². The van der Waals surface area contributed by atoms with Crippen LogP contribution in [0.15, 0.2) is 21.2 Å². The first-order valence-electron chi connectivity index (χ1n) is 7.35. The van der Waals surface area contributed by atoms with Crippen molar-refractivity contribution in [3.63, 3.8) is 0 Å². The lowest BCUT2D eigenvalue weighted by molar-refractivity contribution is 0.0817. The summed E-state index contributed by atoms with van der Waals surface area (Å²) in [6.45, 7) is 1.55. The van der Waals surface area contributed by atoms with Crippen LogP contribution in [0.5, 0.6) is 0 Å². The summed E-state index contributed by atoms with van der Waals surface area (Å²) >= 11 is 1.38. The lowest BCUT2D eigenvalue weighted by atomic mass is 10.2. The van der Waals surface area contributed by atoms with Gasteiger partial charge in [-0.05, 0) is 6.92 Å². The zero-order chi connectivity index (χ0) is 17.6. The average Bonchev–Trinajstić information content (AvgIpc) is 3.14. The molecule has 0 spiro atoms. The van der Waals surface area contributed by atoms with Crippen molar-refractivity contribution in [2.24, 2.45) is 14.1 Å². The highest BCUT2D eigenvalue weighted by atomic mass is 32.1. The van der Waals surface area contributed by atoms with Gasteiger partial charge < -0.3 is 14.8 Å². The fourth-order valence-corrected chi connectivity index (χ4v) is 3.57. The van der Waals surface area contributed by atoms with Crippen LogP contribution >= 0.6 is 11.3 Å². The molecule has 1 unspecified atom stereocenters. The summed E-state index contributed by atoms with van der Waals surface area (Å²) in [4.78, 5) is 29.3. The van der Waals surface area contributed by atoms with Crippen molar-refractivity contribution in [2.45, 2.75) is 19.6 Å². The van der Waals surface area contributed by atoms with Gasteiger partial charge in [0.15, 0.2) is 0 Å². The molecule has 0 amide bonds. The van der Waals surface area contributed by atoms with Crippen molar-refractivity contribution < 1.29 is 10.2 Å². The first kappa shape index (κ1) is 16.6. The maximum absolute atomic E-state index is 12.7. The van der Waals surface area contributed by atoms with Gasteiger partial charge in [-0.15, -0.1) is 11.3 Å². The molecule has 1 atom stereocenters. The van der Waals surface area contributed by atoms with E-state index in [0.717, 1.165) is 10.3 Å². The van der Waals surface area contributed by atoms with Crippen molar-refractivity contribution in [1.29, 1.82) is 0 Å². The Morgan fingerprint density at radius 2 is 2.00 bits per heavy atom. The standard InChI is InChI=1S/C15H18N4O4S/c1-8-7-24-13(16-8)12-11-10(5-19(12)4-9(21)6-20)17(2)15(23)18(3)14(11)22/h5,7,9,20-21H,4,6H2,1-3H3. The Kier molecular flexibility index (Phi) is 4.16. The van der Waals surface area contributed by atoms with Crippen LogP contribution in [0.4, 0.5) is 0 Å². The molecule has 0 saturated carbocycles. The molecule has 24 heavy (non-hydrogen) atoms. The summed E-state index contributed by atoms with van der Waals surface area (Å²) < 4.78 is 4.12. The number of hydrogen-bond donors (Lipinski definition) is 2. The van der Waals surface area contributed by atoms with Gasteiger partial charge in [-0.25, -0.2) is 9.78 Å². The summed E-state index contributed by atoms with van der Waals surface area (Å²) in [7, 11) is 3.02. The van der Waals surface area contributed by atoms with E-state index in [9.17, 15) is 14.7 Å². The zero-order valence-electron chi connectivity index (χ0n) is 13.6. The summed E-state index contributed by atoms with van der Waals surface area (Å²) in [5.74, 6) is 0. The molecule has 3 aromatic heterocycles. The molecule has 0 aliphatic carbocycles. The van der Waals surface area contributed by atoms with Crippen LogP contribution in [-0.4, -0.2) is 41.6 Å². The van der Waals surface area contributed by atoms with Crippen LogP contribution in [0.25, 0.3) is 21.6 Å². The number of aliphatic hydroxyl groups excluding tert-OH is 2. The molecular weight excluding hydrogens is 332 g/mol. The SMILES string of the molecule is Cc1csc(-c2c3c(=O)n(C)c(=O)n(C)c3cn2CC(O)CO)n1. The molecule has 0 fully saturated rings. The van der Waals surface area contributed by atoms with Crippen molar-refractivity contribution in [1.82, 2.24) is 18.7 Å². The molecule has 128 valence electrons. The van der Waals surface area contributed by atoms with Gasteiger partial charge in [0.1, 0.15) is 5.01 Å². The van der Waals surface area contributed by atoms with Gasteiger partial charge in [-0.1, -0.05) is 0 Å². The molecule has 3 aromatic rings. The van der Waals surface area contributed by atoms with E-state index in [1.54, 1.807) is 17.8 Å². The third kappa shape index (κ3) is 2.50. The monoisotopic (exact) mass is 350 g/mol. The lowest BCUT2D eigenvalue weighted by Gasteiger charge is -2.11. The Labute approximate surface area is 140 Å². The third-order valence-electron chi connectivity index (χ3n) is 3.95. The fraction of sp³-hybridized carbons (Fsp3) is 0.400. The van der Waals surface area contributed by atoms with E-state index in [0.29, 0.717) is 21.6 Å². The molecule has 3 heterocycles. The van der Waals surface area contributed by atoms with Crippen LogP contribution in [0.2, 0.25) is 0 Å². The van der Waals surface area contributed by atoms with Crippen LogP contribution in [0, 0.1) is 6.92 Å². The molecule has 0 aliphatic heterocycles.